The number of aliphatic hydroxyl groups excluding tert-OH is 1. The molecule has 0 aromatic heterocycles. The number of carbonyl (C=O) groups is 1. The van der Waals surface area contributed by atoms with E-state index in [2.05, 4.69) is 5.32 Å². The Morgan fingerprint density at radius 2 is 1.90 bits per heavy atom. The van der Waals surface area contributed by atoms with E-state index in [1.807, 2.05) is 0 Å². The SMILES string of the molecule is CC(=O)NCc1ccc(S(=O)(=O)N(C)CCC(C)O)cc1. The average Bonchev–Trinajstić information content (AvgIpc) is 2.42. The molecule has 0 heterocycles. The van der Waals surface area contributed by atoms with Crippen LogP contribution < -0.4 is 5.32 Å². The van der Waals surface area contributed by atoms with Crippen molar-refractivity contribution in [3.05, 3.63) is 29.8 Å². The summed E-state index contributed by atoms with van der Waals surface area (Å²) in [5, 5.41) is 11.9. The first-order valence-corrected chi connectivity index (χ1v) is 8.15. The molecule has 1 aromatic carbocycles. The quantitative estimate of drug-likeness (QED) is 0.776. The lowest BCUT2D eigenvalue weighted by Crippen LogP contribution is -2.29. The highest BCUT2D eigenvalue weighted by atomic mass is 32.2. The second-order valence-electron chi connectivity index (χ2n) is 5.02. The van der Waals surface area contributed by atoms with E-state index in [1.165, 1.54) is 30.4 Å². The van der Waals surface area contributed by atoms with Crippen molar-refractivity contribution in [1.82, 2.24) is 9.62 Å². The molecule has 2 N–H and O–H groups in total. The molecule has 1 amide bonds. The van der Waals surface area contributed by atoms with E-state index in [0.717, 1.165) is 5.56 Å². The minimum Gasteiger partial charge on any atom is -0.393 e. The third-order valence-electron chi connectivity index (χ3n) is 3.03. The maximum absolute atomic E-state index is 12.3. The summed E-state index contributed by atoms with van der Waals surface area (Å²) in [6.45, 7) is 3.67. The fraction of sp³-hybridized carbons (Fsp3) is 0.500. The van der Waals surface area contributed by atoms with Gasteiger partial charge in [0.25, 0.3) is 0 Å². The molecule has 0 aliphatic heterocycles. The van der Waals surface area contributed by atoms with Gasteiger partial charge in [0, 0.05) is 27.1 Å². The van der Waals surface area contributed by atoms with Crippen LogP contribution in [-0.4, -0.2) is 43.4 Å². The van der Waals surface area contributed by atoms with Gasteiger partial charge in [0.1, 0.15) is 0 Å². The summed E-state index contributed by atoms with van der Waals surface area (Å²) >= 11 is 0. The molecule has 0 radical (unpaired) electrons. The van der Waals surface area contributed by atoms with E-state index in [0.29, 0.717) is 13.0 Å². The van der Waals surface area contributed by atoms with Crippen LogP contribution in [0.2, 0.25) is 0 Å². The normalized spacial score (nSPS) is 13.2. The van der Waals surface area contributed by atoms with Crippen molar-refractivity contribution < 1.29 is 18.3 Å². The van der Waals surface area contributed by atoms with Gasteiger partial charge in [-0.1, -0.05) is 12.1 Å². The number of sulfonamides is 1. The summed E-state index contributed by atoms with van der Waals surface area (Å²) in [6.07, 6.45) is -0.154. The number of nitrogens with one attached hydrogen (secondary N) is 1. The maximum atomic E-state index is 12.3. The molecule has 118 valence electrons. The van der Waals surface area contributed by atoms with Crippen LogP contribution in [0.1, 0.15) is 25.8 Å². The van der Waals surface area contributed by atoms with Gasteiger partial charge in [0.2, 0.25) is 15.9 Å². The number of hydrogen-bond donors (Lipinski definition) is 2. The Balaban J connectivity index is 2.77. The molecule has 0 saturated heterocycles. The summed E-state index contributed by atoms with van der Waals surface area (Å²) in [7, 11) is -2.06. The molecule has 6 nitrogen and oxygen atoms in total. The Kier molecular flexibility index (Phi) is 6.32. The predicted molar refractivity (Wildman–Crippen MR) is 80.1 cm³/mol. The summed E-state index contributed by atoms with van der Waals surface area (Å²) in [5.74, 6) is -0.135. The first kappa shape index (κ1) is 17.6. The monoisotopic (exact) mass is 314 g/mol. The number of nitrogens with zero attached hydrogens (tertiary/aromatic N) is 1. The highest BCUT2D eigenvalue weighted by Gasteiger charge is 2.20. The van der Waals surface area contributed by atoms with Gasteiger partial charge in [-0.25, -0.2) is 12.7 Å². The molecular weight excluding hydrogens is 292 g/mol. The zero-order chi connectivity index (χ0) is 16.0. The van der Waals surface area contributed by atoms with E-state index in [4.69, 9.17) is 0 Å². The fourth-order valence-corrected chi connectivity index (χ4v) is 2.86. The molecule has 21 heavy (non-hydrogen) atoms. The topological polar surface area (TPSA) is 86.7 Å². The van der Waals surface area contributed by atoms with Crippen LogP contribution in [0.25, 0.3) is 0 Å². The van der Waals surface area contributed by atoms with Gasteiger partial charge in [-0.3, -0.25) is 4.79 Å². The first-order valence-electron chi connectivity index (χ1n) is 6.71. The highest BCUT2D eigenvalue weighted by molar-refractivity contribution is 7.89. The smallest absolute Gasteiger partial charge is 0.242 e. The third kappa shape index (κ3) is 5.45. The van der Waals surface area contributed by atoms with Crippen molar-refractivity contribution in [2.45, 2.75) is 37.8 Å². The molecule has 0 aliphatic carbocycles. The lowest BCUT2D eigenvalue weighted by molar-refractivity contribution is -0.119. The largest absolute Gasteiger partial charge is 0.393 e. The van der Waals surface area contributed by atoms with Gasteiger partial charge < -0.3 is 10.4 Å². The number of rotatable bonds is 7. The maximum Gasteiger partial charge on any atom is 0.242 e. The van der Waals surface area contributed by atoms with Gasteiger partial charge in [-0.2, -0.15) is 0 Å². The van der Waals surface area contributed by atoms with E-state index in [-0.39, 0.29) is 17.3 Å². The molecule has 1 aromatic rings. The van der Waals surface area contributed by atoms with E-state index >= 15 is 0 Å². The molecular formula is C14H22N2O4S. The molecule has 1 rings (SSSR count). The number of benzene rings is 1. The number of carbonyl (C=O) groups excluding carboxylic acids is 1. The Morgan fingerprint density at radius 1 is 1.33 bits per heavy atom. The second kappa shape index (κ2) is 7.53. The lowest BCUT2D eigenvalue weighted by Gasteiger charge is -2.18. The molecule has 0 fully saturated rings. The van der Waals surface area contributed by atoms with Crippen LogP contribution in [-0.2, 0) is 21.4 Å². The van der Waals surface area contributed by atoms with Crippen molar-refractivity contribution >= 4 is 15.9 Å². The van der Waals surface area contributed by atoms with Crippen molar-refractivity contribution in [1.29, 1.82) is 0 Å². The van der Waals surface area contributed by atoms with Gasteiger partial charge in [-0.15, -0.1) is 0 Å². The second-order valence-corrected chi connectivity index (χ2v) is 7.06. The van der Waals surface area contributed by atoms with E-state index in [9.17, 15) is 18.3 Å². The van der Waals surface area contributed by atoms with Crippen molar-refractivity contribution in [2.24, 2.45) is 0 Å². The summed E-state index contributed by atoms with van der Waals surface area (Å²) in [4.78, 5) is 11.0. The molecule has 0 aliphatic rings. The highest BCUT2D eigenvalue weighted by Crippen LogP contribution is 2.15. The van der Waals surface area contributed by atoms with Crippen molar-refractivity contribution in [2.75, 3.05) is 13.6 Å². The van der Waals surface area contributed by atoms with Crippen LogP contribution in [0.4, 0.5) is 0 Å². The minimum atomic E-state index is -3.55. The summed E-state index contributed by atoms with van der Waals surface area (Å²) in [5.41, 5.74) is 0.829. The minimum absolute atomic E-state index is 0.135. The molecule has 0 saturated carbocycles. The van der Waals surface area contributed by atoms with Crippen LogP contribution >= 0.6 is 0 Å². The van der Waals surface area contributed by atoms with Gasteiger partial charge in [0.15, 0.2) is 0 Å². The predicted octanol–water partition coefficient (Wildman–Crippen LogP) is 0.714. The summed E-state index contributed by atoms with van der Waals surface area (Å²) in [6, 6.07) is 6.38. The number of amides is 1. The average molecular weight is 314 g/mol. The van der Waals surface area contributed by atoms with E-state index < -0.39 is 16.1 Å². The fourth-order valence-electron chi connectivity index (χ4n) is 1.67. The van der Waals surface area contributed by atoms with E-state index in [1.54, 1.807) is 19.1 Å². The van der Waals surface area contributed by atoms with Crippen LogP contribution in [0.5, 0.6) is 0 Å². The van der Waals surface area contributed by atoms with Crippen molar-refractivity contribution in [3.8, 4) is 0 Å². The van der Waals surface area contributed by atoms with Crippen molar-refractivity contribution in [3.63, 3.8) is 0 Å². The molecule has 1 unspecified atom stereocenters. The number of aliphatic hydroxyl groups is 1. The van der Waals surface area contributed by atoms with Gasteiger partial charge in [0.05, 0.1) is 11.0 Å². The Hall–Kier alpha value is -1.44. The molecule has 0 spiro atoms. The Bertz CT molecular complexity index is 567. The van der Waals surface area contributed by atoms with Crippen LogP contribution in [0.3, 0.4) is 0 Å². The van der Waals surface area contributed by atoms with Gasteiger partial charge in [-0.05, 0) is 31.0 Å². The molecule has 7 heteroatoms. The first-order chi connectivity index (χ1) is 9.73. The molecule has 0 bridgehead atoms. The van der Waals surface area contributed by atoms with Crippen LogP contribution in [0, 0.1) is 0 Å². The number of hydrogen-bond acceptors (Lipinski definition) is 4. The van der Waals surface area contributed by atoms with Gasteiger partial charge >= 0.3 is 0 Å². The lowest BCUT2D eigenvalue weighted by atomic mass is 10.2. The Morgan fingerprint density at radius 3 is 2.38 bits per heavy atom. The van der Waals surface area contributed by atoms with Crippen LogP contribution in [0.15, 0.2) is 29.2 Å². The summed E-state index contributed by atoms with van der Waals surface area (Å²) < 4.78 is 25.8. The third-order valence-corrected chi connectivity index (χ3v) is 4.91. The zero-order valence-electron chi connectivity index (χ0n) is 12.5. The standard InChI is InChI=1S/C14H22N2O4S/c1-11(17)8-9-16(3)21(19,20)14-6-4-13(5-7-14)10-15-12(2)18/h4-7,11,17H,8-10H2,1-3H3,(H,15,18). The Labute approximate surface area is 125 Å². The zero-order valence-corrected chi connectivity index (χ0v) is 13.4. The molecule has 1 atom stereocenters.